The molecule has 0 spiro atoms. The summed E-state index contributed by atoms with van der Waals surface area (Å²) in [7, 11) is 0. The van der Waals surface area contributed by atoms with E-state index in [0.717, 1.165) is 6.04 Å². The van der Waals surface area contributed by atoms with Gasteiger partial charge in [-0.15, -0.1) is 0 Å². The molecule has 60 valence electrons. The minimum absolute atomic E-state index is 0.972. The van der Waals surface area contributed by atoms with E-state index in [9.17, 15) is 0 Å². The van der Waals surface area contributed by atoms with E-state index in [1.165, 1.54) is 37.0 Å². The van der Waals surface area contributed by atoms with Crippen molar-refractivity contribution in [2.75, 3.05) is 19.6 Å². The lowest BCUT2D eigenvalue weighted by Crippen LogP contribution is -2.29. The van der Waals surface area contributed by atoms with Crippen LogP contribution in [0.15, 0.2) is 0 Å². The quantitative estimate of drug-likeness (QED) is 0.416. The van der Waals surface area contributed by atoms with Crippen LogP contribution in [-0.4, -0.2) is 30.2 Å². The second kappa shape index (κ2) is 2.91. The maximum atomic E-state index is 2.38. The van der Waals surface area contributed by atoms with E-state index in [2.05, 4.69) is 20.8 Å². The zero-order valence-corrected chi connectivity index (χ0v) is 7.56. The van der Waals surface area contributed by atoms with E-state index in [-0.39, 0.29) is 0 Å². The van der Waals surface area contributed by atoms with Gasteiger partial charge in [-0.05, 0) is 19.8 Å². The molecule has 1 fully saturated rings. The predicted octanol–water partition coefficient (Wildman–Crippen LogP) is 2.03. The van der Waals surface area contributed by atoms with Crippen LogP contribution in [-0.2, 0) is 0 Å². The van der Waals surface area contributed by atoms with Crippen LogP contribution >= 0.6 is 0 Å². The smallest absolute Gasteiger partial charge is 0.136 e. The lowest BCUT2D eigenvalue weighted by Gasteiger charge is -2.17. The van der Waals surface area contributed by atoms with Gasteiger partial charge in [-0.25, -0.2) is 0 Å². The van der Waals surface area contributed by atoms with Gasteiger partial charge in [0.05, 0.1) is 13.1 Å². The van der Waals surface area contributed by atoms with E-state index >= 15 is 0 Å². The van der Waals surface area contributed by atoms with Crippen LogP contribution in [0.5, 0.6) is 0 Å². The molecule has 10 heavy (non-hydrogen) atoms. The Kier molecular flexibility index (Phi) is 2.35. The van der Waals surface area contributed by atoms with Crippen molar-refractivity contribution in [3.05, 3.63) is 0 Å². The van der Waals surface area contributed by atoms with Gasteiger partial charge in [-0.3, -0.25) is 0 Å². The first-order valence-electron chi connectivity index (χ1n) is 4.61. The van der Waals surface area contributed by atoms with Crippen LogP contribution < -0.4 is 0 Å². The minimum atomic E-state index is 0.972. The van der Waals surface area contributed by atoms with Gasteiger partial charge in [0.1, 0.15) is 12.6 Å². The molecule has 1 aliphatic heterocycles. The summed E-state index contributed by atoms with van der Waals surface area (Å²) in [6, 6.07) is 0.972. The molecule has 1 rings (SSSR count). The molecule has 0 saturated carbocycles. The van der Waals surface area contributed by atoms with Gasteiger partial charge >= 0.3 is 0 Å². The van der Waals surface area contributed by atoms with Crippen LogP contribution in [0.1, 0.15) is 33.6 Å². The molecular weight excluding hydrogens is 122 g/mol. The Morgan fingerprint density at radius 3 is 1.80 bits per heavy atom. The van der Waals surface area contributed by atoms with Crippen molar-refractivity contribution in [1.82, 2.24) is 0 Å². The molecule has 1 heterocycles. The van der Waals surface area contributed by atoms with Gasteiger partial charge in [0.15, 0.2) is 0 Å². The van der Waals surface area contributed by atoms with Crippen LogP contribution in [0, 0.1) is 0 Å². The molecule has 1 aliphatic rings. The molecule has 1 unspecified atom stereocenters. The zero-order valence-electron chi connectivity index (χ0n) is 7.56. The Hall–Kier alpha value is -0.0400. The maximum Gasteiger partial charge on any atom is 0.136 e. The standard InChI is InChI=1S/C9H20N/c1-4-6-10(7-5-2)8-9(10)3/h9H,4-8H2,1-3H3/q+1. The Morgan fingerprint density at radius 2 is 1.60 bits per heavy atom. The maximum absolute atomic E-state index is 2.38. The molecule has 1 heteroatoms. The summed E-state index contributed by atoms with van der Waals surface area (Å²) < 4.78 is 1.42. The van der Waals surface area contributed by atoms with Crippen molar-refractivity contribution in [3.63, 3.8) is 0 Å². The fourth-order valence-electron chi connectivity index (χ4n) is 2.10. The molecule has 0 aromatic heterocycles. The number of hydrogen-bond acceptors (Lipinski definition) is 0. The first-order valence-corrected chi connectivity index (χ1v) is 4.61. The van der Waals surface area contributed by atoms with Crippen molar-refractivity contribution in [2.24, 2.45) is 0 Å². The highest BCUT2D eigenvalue weighted by Gasteiger charge is 2.49. The van der Waals surface area contributed by atoms with Crippen molar-refractivity contribution in [2.45, 2.75) is 39.7 Å². The Labute approximate surface area is 64.6 Å². The summed E-state index contributed by atoms with van der Waals surface area (Å²) >= 11 is 0. The number of hydrogen-bond donors (Lipinski definition) is 0. The topological polar surface area (TPSA) is 0 Å². The first-order chi connectivity index (χ1) is 4.75. The Bertz CT molecular complexity index is 103. The average molecular weight is 142 g/mol. The van der Waals surface area contributed by atoms with E-state index in [0.29, 0.717) is 0 Å². The van der Waals surface area contributed by atoms with Gasteiger partial charge in [-0.2, -0.15) is 0 Å². The van der Waals surface area contributed by atoms with Crippen molar-refractivity contribution < 1.29 is 4.48 Å². The molecule has 1 atom stereocenters. The molecule has 0 aromatic rings. The predicted molar refractivity (Wildman–Crippen MR) is 44.9 cm³/mol. The second-order valence-electron chi connectivity index (χ2n) is 3.70. The van der Waals surface area contributed by atoms with Crippen molar-refractivity contribution in [1.29, 1.82) is 0 Å². The zero-order chi connectivity index (χ0) is 7.61. The Morgan fingerprint density at radius 1 is 1.20 bits per heavy atom. The highest BCUT2D eigenvalue weighted by Crippen LogP contribution is 2.30. The number of rotatable bonds is 4. The van der Waals surface area contributed by atoms with Crippen LogP contribution in [0.3, 0.4) is 0 Å². The van der Waals surface area contributed by atoms with Gasteiger partial charge in [0.25, 0.3) is 0 Å². The van der Waals surface area contributed by atoms with Gasteiger partial charge < -0.3 is 4.48 Å². The molecule has 0 aromatic carbocycles. The van der Waals surface area contributed by atoms with Gasteiger partial charge in [0, 0.05) is 0 Å². The summed E-state index contributed by atoms with van der Waals surface area (Å²) in [5.74, 6) is 0. The van der Waals surface area contributed by atoms with E-state index in [1.807, 2.05) is 0 Å². The summed E-state index contributed by atoms with van der Waals surface area (Å²) in [6.07, 6.45) is 2.70. The number of quaternary nitrogens is 1. The van der Waals surface area contributed by atoms with E-state index in [1.54, 1.807) is 0 Å². The van der Waals surface area contributed by atoms with Gasteiger partial charge in [0.2, 0.25) is 0 Å². The lowest BCUT2D eigenvalue weighted by atomic mass is 10.3. The number of nitrogens with zero attached hydrogens (tertiary/aromatic N) is 1. The first kappa shape index (κ1) is 8.06. The molecule has 0 bridgehead atoms. The highest BCUT2D eigenvalue weighted by molar-refractivity contribution is 4.68. The normalized spacial score (nSPS) is 28.5. The molecule has 1 saturated heterocycles. The molecule has 0 N–H and O–H groups in total. The SMILES string of the molecule is CCC[N+]1(CCC)CC1C. The molecular formula is C9H20N+. The summed E-state index contributed by atoms with van der Waals surface area (Å²) in [6.45, 7) is 11.2. The fraction of sp³-hybridized carbons (Fsp3) is 1.00. The second-order valence-corrected chi connectivity index (χ2v) is 3.70. The summed E-state index contributed by atoms with van der Waals surface area (Å²) in [4.78, 5) is 0. The molecule has 0 radical (unpaired) electrons. The summed E-state index contributed by atoms with van der Waals surface area (Å²) in [5, 5.41) is 0. The molecule has 0 amide bonds. The third-order valence-corrected chi connectivity index (χ3v) is 2.77. The molecule has 1 nitrogen and oxygen atoms in total. The van der Waals surface area contributed by atoms with Gasteiger partial charge in [-0.1, -0.05) is 13.8 Å². The van der Waals surface area contributed by atoms with Crippen molar-refractivity contribution in [3.8, 4) is 0 Å². The Balaban J connectivity index is 2.31. The largest absolute Gasteiger partial charge is 0.312 e. The third-order valence-electron chi connectivity index (χ3n) is 2.77. The fourth-order valence-corrected chi connectivity index (χ4v) is 2.10. The highest BCUT2D eigenvalue weighted by atomic mass is 15.5. The van der Waals surface area contributed by atoms with Crippen LogP contribution in [0.4, 0.5) is 0 Å². The van der Waals surface area contributed by atoms with Crippen molar-refractivity contribution >= 4 is 0 Å². The third kappa shape index (κ3) is 1.34. The van der Waals surface area contributed by atoms with Crippen LogP contribution in [0.25, 0.3) is 0 Å². The monoisotopic (exact) mass is 142 g/mol. The summed E-state index contributed by atoms with van der Waals surface area (Å²) in [5.41, 5.74) is 0. The van der Waals surface area contributed by atoms with E-state index < -0.39 is 0 Å². The van der Waals surface area contributed by atoms with Crippen LogP contribution in [0.2, 0.25) is 0 Å². The van der Waals surface area contributed by atoms with E-state index in [4.69, 9.17) is 0 Å². The molecule has 0 aliphatic carbocycles. The minimum Gasteiger partial charge on any atom is -0.312 e. The lowest BCUT2D eigenvalue weighted by molar-refractivity contribution is -0.812. The average Bonchev–Trinajstić information content (AvgIpc) is 2.44.